The van der Waals surface area contributed by atoms with E-state index in [0.717, 1.165) is 17.0 Å². The number of aromatic nitrogens is 2. The first-order valence-corrected chi connectivity index (χ1v) is 9.10. The van der Waals surface area contributed by atoms with Crippen LogP contribution in [0.25, 0.3) is 0 Å². The molecule has 5 nitrogen and oxygen atoms in total. The van der Waals surface area contributed by atoms with Gasteiger partial charge in [-0.15, -0.1) is 0 Å². The number of hydrogen-bond acceptors (Lipinski definition) is 4. The highest BCUT2D eigenvalue weighted by atomic mass is 16.3. The fourth-order valence-electron chi connectivity index (χ4n) is 3.31. The van der Waals surface area contributed by atoms with Gasteiger partial charge in [-0.25, -0.2) is 9.97 Å². The fraction of sp³-hybridized carbons (Fsp3) is 0.476. The van der Waals surface area contributed by atoms with Gasteiger partial charge in [0.2, 0.25) is 0 Å². The van der Waals surface area contributed by atoms with E-state index in [1.807, 2.05) is 52.0 Å². The van der Waals surface area contributed by atoms with Crippen LogP contribution in [0, 0.1) is 6.92 Å². The molecule has 2 aromatic rings. The zero-order chi connectivity index (χ0) is 18.9. The van der Waals surface area contributed by atoms with Crippen LogP contribution in [0.2, 0.25) is 0 Å². The lowest BCUT2D eigenvalue weighted by atomic mass is 9.84. The molecule has 1 fully saturated rings. The molecule has 0 bridgehead atoms. The molecule has 138 valence electrons. The Bertz CT molecular complexity index is 786. The van der Waals surface area contributed by atoms with Gasteiger partial charge in [0.05, 0.1) is 11.2 Å². The Morgan fingerprint density at radius 2 is 1.77 bits per heavy atom. The Labute approximate surface area is 155 Å². The molecule has 5 heteroatoms. The fourth-order valence-corrected chi connectivity index (χ4v) is 3.31. The summed E-state index contributed by atoms with van der Waals surface area (Å²) in [5.41, 5.74) is 1.55. The monoisotopic (exact) mass is 353 g/mol. The van der Waals surface area contributed by atoms with E-state index >= 15 is 0 Å². The van der Waals surface area contributed by atoms with E-state index in [0.29, 0.717) is 31.5 Å². The summed E-state index contributed by atoms with van der Waals surface area (Å²) < 4.78 is 0. The molecule has 0 aliphatic carbocycles. The first-order valence-electron chi connectivity index (χ1n) is 9.10. The minimum atomic E-state index is -0.866. The van der Waals surface area contributed by atoms with Gasteiger partial charge in [-0.1, -0.05) is 50.6 Å². The van der Waals surface area contributed by atoms with E-state index in [2.05, 4.69) is 9.97 Å². The van der Waals surface area contributed by atoms with Crippen molar-refractivity contribution in [3.8, 4) is 0 Å². The van der Waals surface area contributed by atoms with Crippen LogP contribution in [-0.4, -0.2) is 39.0 Å². The number of rotatable bonds is 2. The molecule has 1 aromatic heterocycles. The van der Waals surface area contributed by atoms with Crippen molar-refractivity contribution in [2.45, 2.75) is 51.6 Å². The van der Waals surface area contributed by atoms with Gasteiger partial charge in [-0.2, -0.15) is 0 Å². The highest BCUT2D eigenvalue weighted by Crippen LogP contribution is 2.33. The molecule has 1 amide bonds. The molecule has 1 aliphatic rings. The molecule has 3 rings (SSSR count). The summed E-state index contributed by atoms with van der Waals surface area (Å²) >= 11 is 0. The number of hydrogen-bond donors (Lipinski definition) is 1. The van der Waals surface area contributed by atoms with Crippen LogP contribution in [0.3, 0.4) is 0 Å². The van der Waals surface area contributed by atoms with Crippen molar-refractivity contribution in [3.05, 3.63) is 59.2 Å². The maximum atomic E-state index is 12.7. The highest BCUT2D eigenvalue weighted by Gasteiger charge is 2.35. The van der Waals surface area contributed by atoms with E-state index < -0.39 is 5.60 Å². The Morgan fingerprint density at radius 1 is 1.15 bits per heavy atom. The van der Waals surface area contributed by atoms with Gasteiger partial charge in [-0.3, -0.25) is 4.79 Å². The molecule has 0 radical (unpaired) electrons. The second kappa shape index (κ2) is 6.80. The standard InChI is InChI=1S/C21H27N3O2/c1-15-6-5-7-17(12-15)21(26)8-10-24(11-9-21)18(25)16-13-22-19(23-14-16)20(2,3)4/h5-7,12-14,26H,8-11H2,1-4H3. The molecule has 0 spiro atoms. The third-order valence-electron chi connectivity index (χ3n) is 5.00. The molecule has 1 aliphatic heterocycles. The number of carbonyl (C=O) groups is 1. The summed E-state index contributed by atoms with van der Waals surface area (Å²) in [6.07, 6.45) is 4.28. The van der Waals surface area contributed by atoms with Crippen molar-refractivity contribution in [1.82, 2.24) is 14.9 Å². The molecule has 1 N–H and O–H groups in total. The van der Waals surface area contributed by atoms with Gasteiger partial charge >= 0.3 is 0 Å². The number of amides is 1. The van der Waals surface area contributed by atoms with Crippen LogP contribution in [-0.2, 0) is 11.0 Å². The third-order valence-corrected chi connectivity index (χ3v) is 5.00. The lowest BCUT2D eigenvalue weighted by Gasteiger charge is -2.38. The van der Waals surface area contributed by atoms with E-state index in [4.69, 9.17) is 0 Å². The molecular formula is C21H27N3O2. The number of benzene rings is 1. The van der Waals surface area contributed by atoms with E-state index in [-0.39, 0.29) is 11.3 Å². The largest absolute Gasteiger partial charge is 0.385 e. The highest BCUT2D eigenvalue weighted by molar-refractivity contribution is 5.93. The molecule has 2 heterocycles. The van der Waals surface area contributed by atoms with Crippen LogP contribution >= 0.6 is 0 Å². The third kappa shape index (κ3) is 3.78. The summed E-state index contributed by atoms with van der Waals surface area (Å²) in [7, 11) is 0. The minimum Gasteiger partial charge on any atom is -0.385 e. The summed E-state index contributed by atoms with van der Waals surface area (Å²) in [6.45, 7) is 9.18. The molecule has 0 atom stereocenters. The van der Waals surface area contributed by atoms with Crippen LogP contribution < -0.4 is 0 Å². The minimum absolute atomic E-state index is 0.0725. The first kappa shape index (κ1) is 18.5. The van der Waals surface area contributed by atoms with Gasteiger partial charge in [0.15, 0.2) is 0 Å². The van der Waals surface area contributed by atoms with Crippen molar-refractivity contribution >= 4 is 5.91 Å². The predicted molar refractivity (Wildman–Crippen MR) is 101 cm³/mol. The van der Waals surface area contributed by atoms with Gasteiger partial charge in [0.1, 0.15) is 5.82 Å². The number of nitrogens with zero attached hydrogens (tertiary/aromatic N) is 3. The lowest BCUT2D eigenvalue weighted by Crippen LogP contribution is -2.45. The van der Waals surface area contributed by atoms with Crippen LogP contribution in [0.5, 0.6) is 0 Å². The van der Waals surface area contributed by atoms with Gasteiger partial charge in [-0.05, 0) is 25.3 Å². The quantitative estimate of drug-likeness (QED) is 0.900. The Hall–Kier alpha value is -2.27. The maximum Gasteiger partial charge on any atom is 0.256 e. The van der Waals surface area contributed by atoms with E-state index in [1.54, 1.807) is 17.3 Å². The smallest absolute Gasteiger partial charge is 0.256 e. The molecule has 1 aromatic carbocycles. The second-order valence-corrected chi connectivity index (χ2v) is 8.24. The summed E-state index contributed by atoms with van der Waals surface area (Å²) in [5, 5.41) is 11.0. The average Bonchev–Trinajstić information content (AvgIpc) is 2.61. The number of aryl methyl sites for hydroxylation is 1. The zero-order valence-corrected chi connectivity index (χ0v) is 16.0. The molecule has 26 heavy (non-hydrogen) atoms. The Morgan fingerprint density at radius 3 is 2.31 bits per heavy atom. The molecular weight excluding hydrogens is 326 g/mol. The van der Waals surface area contributed by atoms with Crippen molar-refractivity contribution in [2.24, 2.45) is 0 Å². The lowest BCUT2D eigenvalue weighted by molar-refractivity contribution is -0.0212. The van der Waals surface area contributed by atoms with Gasteiger partial charge < -0.3 is 10.0 Å². The SMILES string of the molecule is Cc1cccc(C2(O)CCN(C(=O)c3cnc(C(C)(C)C)nc3)CC2)c1. The van der Waals surface area contributed by atoms with Gasteiger partial charge in [0, 0.05) is 30.9 Å². The zero-order valence-electron chi connectivity index (χ0n) is 16.0. The Balaban J connectivity index is 1.68. The van der Waals surface area contributed by atoms with Crippen LogP contribution in [0.15, 0.2) is 36.7 Å². The van der Waals surface area contributed by atoms with Crippen LogP contribution in [0.1, 0.15) is 60.9 Å². The van der Waals surface area contributed by atoms with Crippen LogP contribution in [0.4, 0.5) is 0 Å². The van der Waals surface area contributed by atoms with Crippen molar-refractivity contribution in [1.29, 1.82) is 0 Å². The normalized spacial score (nSPS) is 17.2. The predicted octanol–water partition coefficient (Wildman–Crippen LogP) is 3.21. The van der Waals surface area contributed by atoms with E-state index in [9.17, 15) is 9.90 Å². The van der Waals surface area contributed by atoms with E-state index in [1.165, 1.54) is 0 Å². The topological polar surface area (TPSA) is 66.3 Å². The number of aliphatic hydroxyl groups is 1. The number of likely N-dealkylation sites (tertiary alicyclic amines) is 1. The van der Waals surface area contributed by atoms with Crippen molar-refractivity contribution in [2.75, 3.05) is 13.1 Å². The van der Waals surface area contributed by atoms with Gasteiger partial charge in [0.25, 0.3) is 5.91 Å². The van der Waals surface area contributed by atoms with Crippen molar-refractivity contribution < 1.29 is 9.90 Å². The molecule has 1 saturated heterocycles. The average molecular weight is 353 g/mol. The van der Waals surface area contributed by atoms with Crippen molar-refractivity contribution in [3.63, 3.8) is 0 Å². The summed E-state index contributed by atoms with van der Waals surface area (Å²) in [6, 6.07) is 7.97. The first-order chi connectivity index (χ1) is 12.2. The summed E-state index contributed by atoms with van der Waals surface area (Å²) in [5.74, 6) is 0.651. The maximum absolute atomic E-state index is 12.7. The second-order valence-electron chi connectivity index (χ2n) is 8.24. The molecule has 0 saturated carbocycles. The summed E-state index contributed by atoms with van der Waals surface area (Å²) in [4.78, 5) is 23.2. The number of carbonyl (C=O) groups excluding carboxylic acids is 1. The Kier molecular flexibility index (Phi) is 4.84. The molecule has 0 unspecified atom stereocenters. The number of piperidine rings is 1.